The van der Waals surface area contributed by atoms with Crippen LogP contribution >= 0.6 is 0 Å². The highest BCUT2D eigenvalue weighted by Gasteiger charge is 2.44. The molecule has 1 aliphatic rings. The zero-order valence-electron chi connectivity index (χ0n) is 32.6. The van der Waals surface area contributed by atoms with E-state index in [2.05, 4.69) is 34.6 Å². The fraction of sp³-hybridized carbons (Fsp3) is 1.00. The first-order chi connectivity index (χ1) is 23.5. The van der Waals surface area contributed by atoms with E-state index in [4.69, 9.17) is 9.47 Å². The maximum atomic E-state index is 11.5. The van der Waals surface area contributed by atoms with E-state index in [-0.39, 0.29) is 17.9 Å². The minimum Gasteiger partial charge on any atom is -0.394 e. The third kappa shape index (κ3) is 20.5. The molecule has 1 aliphatic heterocycles. The first-order valence-corrected chi connectivity index (χ1v) is 20.8. The summed E-state index contributed by atoms with van der Waals surface area (Å²) in [5.41, 5.74) is -0.0122. The minimum absolute atomic E-state index is 0.0122. The van der Waals surface area contributed by atoms with Gasteiger partial charge in [-0.05, 0) is 30.6 Å². The van der Waals surface area contributed by atoms with E-state index in [0.29, 0.717) is 12.8 Å². The van der Waals surface area contributed by atoms with Crippen LogP contribution in [0.3, 0.4) is 0 Å². The van der Waals surface area contributed by atoms with Crippen molar-refractivity contribution in [2.75, 3.05) is 13.2 Å². The molecule has 8 heteroatoms. The Morgan fingerprint density at radius 2 is 1.02 bits per heavy atom. The predicted molar refractivity (Wildman–Crippen MR) is 200 cm³/mol. The van der Waals surface area contributed by atoms with Crippen LogP contribution in [-0.4, -0.2) is 86.8 Å². The molecule has 0 aliphatic carbocycles. The maximum absolute atomic E-state index is 11.5. The lowest BCUT2D eigenvalue weighted by molar-refractivity contribution is -0.305. The Kier molecular flexibility index (Phi) is 26.9. The summed E-state index contributed by atoms with van der Waals surface area (Å²) in [6.45, 7) is 10.7. The molecule has 1 fully saturated rings. The normalized spacial score (nSPS) is 24.2. The van der Waals surface area contributed by atoms with Crippen molar-refractivity contribution in [2.24, 2.45) is 17.3 Å². The summed E-state index contributed by atoms with van der Waals surface area (Å²) in [6.07, 6.45) is 19.8. The van der Waals surface area contributed by atoms with E-state index in [9.17, 15) is 30.6 Å². The molecular weight excluding hydrogens is 620 g/mol. The molecule has 294 valence electrons. The molecule has 0 amide bonds. The van der Waals surface area contributed by atoms with E-state index < -0.39 is 55.4 Å². The fourth-order valence-electron chi connectivity index (χ4n) is 7.38. The van der Waals surface area contributed by atoms with Crippen LogP contribution in [0.25, 0.3) is 0 Å². The van der Waals surface area contributed by atoms with Crippen molar-refractivity contribution >= 4 is 0 Å². The molecule has 0 saturated carbocycles. The first kappa shape index (κ1) is 46.7. The monoisotopic (exact) mass is 703 g/mol. The summed E-state index contributed by atoms with van der Waals surface area (Å²) in [5, 5.41) is 63.3. The summed E-state index contributed by atoms with van der Waals surface area (Å²) in [4.78, 5) is 0. The minimum atomic E-state index is -1.52. The number of unbranched alkanes of at least 4 members (excludes halogenated alkanes) is 19. The summed E-state index contributed by atoms with van der Waals surface area (Å²) < 4.78 is 11.6. The molecule has 0 spiro atoms. The maximum Gasteiger partial charge on any atom is 0.186 e. The van der Waals surface area contributed by atoms with E-state index >= 15 is 0 Å². The lowest BCUT2D eigenvalue weighted by Gasteiger charge is -2.41. The van der Waals surface area contributed by atoms with Crippen LogP contribution in [0.5, 0.6) is 0 Å². The van der Waals surface area contributed by atoms with E-state index in [1.807, 2.05) is 0 Å². The van der Waals surface area contributed by atoms with Gasteiger partial charge in [-0.25, -0.2) is 0 Å². The van der Waals surface area contributed by atoms with Gasteiger partial charge in [-0.15, -0.1) is 0 Å². The number of ether oxygens (including phenoxy) is 2. The molecule has 0 aromatic heterocycles. The van der Waals surface area contributed by atoms with Gasteiger partial charge in [0, 0.05) is 5.92 Å². The Morgan fingerprint density at radius 1 is 0.592 bits per heavy atom. The van der Waals surface area contributed by atoms with Crippen molar-refractivity contribution in [1.82, 2.24) is 0 Å². The Balaban J connectivity index is 2.71. The quantitative estimate of drug-likeness (QED) is 0.0398. The number of hydrogen-bond acceptors (Lipinski definition) is 8. The second-order valence-electron chi connectivity index (χ2n) is 16.4. The molecule has 8 nitrogen and oxygen atoms in total. The first-order valence-electron chi connectivity index (χ1n) is 20.8. The van der Waals surface area contributed by atoms with Crippen LogP contribution in [0.1, 0.15) is 189 Å². The van der Waals surface area contributed by atoms with Crippen molar-refractivity contribution in [3.8, 4) is 0 Å². The second kappa shape index (κ2) is 28.2. The highest BCUT2D eigenvalue weighted by Crippen LogP contribution is 2.37. The van der Waals surface area contributed by atoms with Crippen LogP contribution in [0.15, 0.2) is 0 Å². The van der Waals surface area contributed by atoms with Crippen molar-refractivity contribution in [3.05, 3.63) is 0 Å². The number of hydrogen-bond donors (Lipinski definition) is 6. The Morgan fingerprint density at radius 3 is 1.45 bits per heavy atom. The smallest absolute Gasteiger partial charge is 0.186 e. The van der Waals surface area contributed by atoms with Crippen LogP contribution in [0.2, 0.25) is 0 Å². The molecule has 0 aromatic rings. The summed E-state index contributed by atoms with van der Waals surface area (Å²) in [5.74, 6) is -0.128. The lowest BCUT2D eigenvalue weighted by atomic mass is 9.72. The van der Waals surface area contributed by atoms with Gasteiger partial charge in [0.05, 0.1) is 25.4 Å². The third-order valence-corrected chi connectivity index (χ3v) is 11.0. The van der Waals surface area contributed by atoms with Gasteiger partial charge >= 0.3 is 0 Å². The molecular formula is C41H82O8. The summed E-state index contributed by atoms with van der Waals surface area (Å²) in [7, 11) is 0. The summed E-state index contributed by atoms with van der Waals surface area (Å²) >= 11 is 0. The van der Waals surface area contributed by atoms with E-state index in [1.165, 1.54) is 109 Å². The molecule has 0 bridgehead atoms. The van der Waals surface area contributed by atoms with Gasteiger partial charge in [-0.3, -0.25) is 0 Å². The Bertz CT molecular complexity index is 744. The highest BCUT2D eigenvalue weighted by molar-refractivity contribution is 4.90. The number of rotatable bonds is 31. The second-order valence-corrected chi connectivity index (χ2v) is 16.4. The van der Waals surface area contributed by atoms with Crippen molar-refractivity contribution in [3.63, 3.8) is 0 Å². The number of aliphatic hydroxyl groups is 6. The average Bonchev–Trinajstić information content (AvgIpc) is 3.07. The third-order valence-electron chi connectivity index (χ3n) is 11.0. The predicted octanol–water partition coefficient (Wildman–Crippen LogP) is 8.21. The molecule has 6 unspecified atom stereocenters. The molecule has 0 radical (unpaired) electrons. The van der Waals surface area contributed by atoms with Gasteiger partial charge < -0.3 is 40.1 Å². The van der Waals surface area contributed by atoms with Crippen LogP contribution in [-0.2, 0) is 9.47 Å². The van der Waals surface area contributed by atoms with Gasteiger partial charge in [0.2, 0.25) is 0 Å². The zero-order chi connectivity index (χ0) is 36.5. The van der Waals surface area contributed by atoms with E-state index in [0.717, 1.165) is 32.1 Å². The molecule has 9 atom stereocenters. The van der Waals surface area contributed by atoms with Crippen LogP contribution < -0.4 is 0 Å². The van der Waals surface area contributed by atoms with Crippen LogP contribution in [0.4, 0.5) is 0 Å². The largest absolute Gasteiger partial charge is 0.394 e. The van der Waals surface area contributed by atoms with Gasteiger partial charge in [-0.2, -0.15) is 0 Å². The topological polar surface area (TPSA) is 140 Å². The summed E-state index contributed by atoms with van der Waals surface area (Å²) in [6, 6.07) is 0. The van der Waals surface area contributed by atoms with Gasteiger partial charge in [0.25, 0.3) is 0 Å². The van der Waals surface area contributed by atoms with Crippen LogP contribution in [0, 0.1) is 17.3 Å². The fourth-order valence-corrected chi connectivity index (χ4v) is 7.38. The van der Waals surface area contributed by atoms with Gasteiger partial charge in [0.15, 0.2) is 6.29 Å². The highest BCUT2D eigenvalue weighted by atomic mass is 16.7. The molecule has 1 saturated heterocycles. The van der Waals surface area contributed by atoms with Gasteiger partial charge in [0.1, 0.15) is 24.4 Å². The molecule has 0 aromatic carbocycles. The number of aliphatic hydroxyl groups excluding tert-OH is 6. The lowest BCUT2D eigenvalue weighted by Crippen LogP contribution is -2.59. The molecule has 1 heterocycles. The van der Waals surface area contributed by atoms with Crippen molar-refractivity contribution < 1.29 is 40.1 Å². The molecule has 1 rings (SSSR count). The molecule has 6 N–H and O–H groups in total. The Labute approximate surface area is 301 Å². The molecule has 49 heavy (non-hydrogen) atoms. The van der Waals surface area contributed by atoms with Crippen molar-refractivity contribution in [1.29, 1.82) is 0 Å². The zero-order valence-corrected chi connectivity index (χ0v) is 32.6. The van der Waals surface area contributed by atoms with E-state index in [1.54, 1.807) is 0 Å². The standard InChI is InChI=1S/C41H82O8/c1-6-8-10-12-14-16-17-18-20-22-24-26-28-34(43)36(44)32(31-48-40-39(47)38(46)37(45)35(30-42)49-40)29-33(41(3,4)5)27-25-23-21-19-15-13-11-9-7-2/h32-40,42-47H,6-31H2,1-5H3/t32-,33+,34+,35?,36?,37?,38?,39?,40?/m0/s1. The Hall–Kier alpha value is -0.320. The SMILES string of the molecule is CCCCCCCCCCCCCC[C@@H](O)C(O)[C@H](COC1OC(CO)C(O)C(O)C1O)C[C@@H](CCCCCCCCCCC)C(C)(C)C. The van der Waals surface area contributed by atoms with Crippen molar-refractivity contribution in [2.45, 2.75) is 232 Å². The van der Waals surface area contributed by atoms with Gasteiger partial charge in [-0.1, -0.05) is 169 Å². The average molecular weight is 703 g/mol.